The van der Waals surface area contributed by atoms with Gasteiger partial charge in [0.1, 0.15) is 11.6 Å². The predicted octanol–water partition coefficient (Wildman–Crippen LogP) is 3.46. The van der Waals surface area contributed by atoms with Crippen LogP contribution in [0.4, 0.5) is 30.6 Å². The standard InChI is InChI=1S/C13H13F3N4/c1-2-5-17-13-18-7-10(16)12(20-13)19-11-6-8(14)3-4-9(11)15/h3-4,6-7H,2,5H2,1H3,(H2,17,18,19,20). The van der Waals surface area contributed by atoms with Crippen LogP contribution in [0.25, 0.3) is 0 Å². The number of hydrogen-bond acceptors (Lipinski definition) is 4. The Morgan fingerprint density at radius 3 is 2.70 bits per heavy atom. The van der Waals surface area contributed by atoms with E-state index in [1.165, 1.54) is 0 Å². The van der Waals surface area contributed by atoms with E-state index < -0.39 is 17.5 Å². The summed E-state index contributed by atoms with van der Waals surface area (Å²) >= 11 is 0. The number of aromatic nitrogens is 2. The number of halogens is 3. The Morgan fingerprint density at radius 1 is 1.15 bits per heavy atom. The summed E-state index contributed by atoms with van der Waals surface area (Å²) in [5.74, 6) is -2.09. The van der Waals surface area contributed by atoms with Crippen LogP contribution >= 0.6 is 0 Å². The highest BCUT2D eigenvalue weighted by molar-refractivity contribution is 5.58. The Hall–Kier alpha value is -2.31. The molecular formula is C13H13F3N4. The molecule has 2 N–H and O–H groups in total. The van der Waals surface area contributed by atoms with E-state index in [0.29, 0.717) is 6.54 Å². The summed E-state index contributed by atoms with van der Waals surface area (Å²) < 4.78 is 40.1. The van der Waals surface area contributed by atoms with Gasteiger partial charge in [0.05, 0.1) is 11.9 Å². The van der Waals surface area contributed by atoms with Gasteiger partial charge in [-0.15, -0.1) is 0 Å². The maximum atomic E-state index is 13.6. The first-order valence-electron chi connectivity index (χ1n) is 6.08. The normalized spacial score (nSPS) is 10.4. The van der Waals surface area contributed by atoms with Crippen molar-refractivity contribution in [2.75, 3.05) is 17.2 Å². The van der Waals surface area contributed by atoms with Crippen molar-refractivity contribution in [2.24, 2.45) is 0 Å². The van der Waals surface area contributed by atoms with Crippen LogP contribution in [0.3, 0.4) is 0 Å². The molecule has 0 radical (unpaired) electrons. The van der Waals surface area contributed by atoms with E-state index in [1.807, 2.05) is 6.92 Å². The lowest BCUT2D eigenvalue weighted by atomic mass is 10.3. The SMILES string of the molecule is CCCNc1ncc(F)c(Nc2cc(F)ccc2F)n1. The third kappa shape index (κ3) is 3.37. The lowest BCUT2D eigenvalue weighted by molar-refractivity contribution is 0.601. The Balaban J connectivity index is 2.25. The van der Waals surface area contributed by atoms with Gasteiger partial charge < -0.3 is 10.6 Å². The fraction of sp³-hybridized carbons (Fsp3) is 0.231. The summed E-state index contributed by atoms with van der Waals surface area (Å²) in [6.07, 6.45) is 1.81. The van der Waals surface area contributed by atoms with Crippen LogP contribution < -0.4 is 10.6 Å². The summed E-state index contributed by atoms with van der Waals surface area (Å²) in [6, 6.07) is 2.86. The average Bonchev–Trinajstić information content (AvgIpc) is 2.43. The van der Waals surface area contributed by atoms with Crippen molar-refractivity contribution in [1.29, 1.82) is 0 Å². The number of hydrogen-bond donors (Lipinski definition) is 2. The van der Waals surface area contributed by atoms with Crippen LogP contribution in [0.1, 0.15) is 13.3 Å². The summed E-state index contributed by atoms with van der Waals surface area (Å²) in [6.45, 7) is 2.58. The van der Waals surface area contributed by atoms with E-state index in [1.54, 1.807) is 0 Å². The Bertz CT molecular complexity index is 604. The quantitative estimate of drug-likeness (QED) is 0.881. The van der Waals surface area contributed by atoms with Crippen LogP contribution in [0.2, 0.25) is 0 Å². The highest BCUT2D eigenvalue weighted by Gasteiger charge is 2.10. The van der Waals surface area contributed by atoms with Crippen molar-refractivity contribution < 1.29 is 13.2 Å². The van der Waals surface area contributed by atoms with Gasteiger partial charge in [-0.3, -0.25) is 0 Å². The summed E-state index contributed by atoms with van der Waals surface area (Å²) in [5, 5.41) is 5.29. The van der Waals surface area contributed by atoms with Crippen molar-refractivity contribution in [3.05, 3.63) is 41.8 Å². The largest absolute Gasteiger partial charge is 0.354 e. The molecule has 1 aromatic heterocycles. The summed E-state index contributed by atoms with van der Waals surface area (Å²) in [5.41, 5.74) is -0.191. The number of rotatable bonds is 5. The van der Waals surface area contributed by atoms with E-state index in [2.05, 4.69) is 20.6 Å². The molecule has 0 fully saturated rings. The third-order valence-electron chi connectivity index (χ3n) is 2.46. The molecule has 106 valence electrons. The van der Waals surface area contributed by atoms with Crippen molar-refractivity contribution in [3.63, 3.8) is 0 Å². The molecule has 7 heteroatoms. The third-order valence-corrected chi connectivity index (χ3v) is 2.46. The van der Waals surface area contributed by atoms with Crippen LogP contribution in [0.15, 0.2) is 24.4 Å². The second-order valence-corrected chi connectivity index (χ2v) is 4.07. The fourth-order valence-electron chi connectivity index (χ4n) is 1.50. The van der Waals surface area contributed by atoms with Crippen LogP contribution in [0, 0.1) is 17.5 Å². The molecule has 20 heavy (non-hydrogen) atoms. The minimum Gasteiger partial charge on any atom is -0.354 e. The molecule has 2 rings (SSSR count). The van der Waals surface area contributed by atoms with Crippen LogP contribution in [-0.4, -0.2) is 16.5 Å². The average molecular weight is 282 g/mol. The molecule has 0 aliphatic heterocycles. The van der Waals surface area contributed by atoms with E-state index in [0.717, 1.165) is 30.8 Å². The monoisotopic (exact) mass is 282 g/mol. The van der Waals surface area contributed by atoms with Crippen molar-refractivity contribution in [2.45, 2.75) is 13.3 Å². The van der Waals surface area contributed by atoms with Gasteiger partial charge >= 0.3 is 0 Å². The first-order chi connectivity index (χ1) is 9.60. The molecule has 0 spiro atoms. The number of nitrogens with zero attached hydrogens (tertiary/aromatic N) is 2. The summed E-state index contributed by atoms with van der Waals surface area (Å²) in [7, 11) is 0. The first-order valence-corrected chi connectivity index (χ1v) is 6.08. The number of nitrogens with one attached hydrogen (secondary N) is 2. The molecule has 0 aliphatic rings. The Labute approximate surface area is 114 Å². The van der Waals surface area contributed by atoms with Gasteiger partial charge in [-0.25, -0.2) is 18.2 Å². The van der Waals surface area contributed by atoms with Crippen molar-refractivity contribution in [1.82, 2.24) is 9.97 Å². The van der Waals surface area contributed by atoms with Crippen LogP contribution in [-0.2, 0) is 0 Å². The van der Waals surface area contributed by atoms with E-state index in [9.17, 15) is 13.2 Å². The molecule has 0 amide bonds. The van der Waals surface area contributed by atoms with Gasteiger partial charge in [0.15, 0.2) is 11.6 Å². The molecule has 0 bridgehead atoms. The van der Waals surface area contributed by atoms with Gasteiger partial charge in [0.25, 0.3) is 0 Å². The molecule has 1 heterocycles. The second-order valence-electron chi connectivity index (χ2n) is 4.07. The molecule has 0 saturated carbocycles. The van der Waals surface area contributed by atoms with Gasteiger partial charge in [0.2, 0.25) is 5.95 Å². The fourth-order valence-corrected chi connectivity index (χ4v) is 1.50. The highest BCUT2D eigenvalue weighted by atomic mass is 19.1. The predicted molar refractivity (Wildman–Crippen MR) is 70.4 cm³/mol. The van der Waals surface area contributed by atoms with E-state index in [-0.39, 0.29) is 17.5 Å². The maximum Gasteiger partial charge on any atom is 0.224 e. The summed E-state index contributed by atoms with van der Waals surface area (Å²) in [4.78, 5) is 7.63. The lowest BCUT2D eigenvalue weighted by Gasteiger charge is -2.09. The number of benzene rings is 1. The second kappa shape index (κ2) is 6.23. The van der Waals surface area contributed by atoms with Crippen molar-refractivity contribution in [3.8, 4) is 0 Å². The van der Waals surface area contributed by atoms with Gasteiger partial charge in [-0.2, -0.15) is 4.98 Å². The molecule has 0 atom stereocenters. The molecule has 1 aromatic carbocycles. The zero-order valence-corrected chi connectivity index (χ0v) is 10.8. The van der Waals surface area contributed by atoms with Gasteiger partial charge in [-0.05, 0) is 18.6 Å². The number of anilines is 3. The Morgan fingerprint density at radius 2 is 1.95 bits per heavy atom. The highest BCUT2D eigenvalue weighted by Crippen LogP contribution is 2.22. The maximum absolute atomic E-state index is 13.6. The molecule has 0 aliphatic carbocycles. The topological polar surface area (TPSA) is 49.8 Å². The molecule has 4 nitrogen and oxygen atoms in total. The smallest absolute Gasteiger partial charge is 0.224 e. The minimum atomic E-state index is -0.754. The van der Waals surface area contributed by atoms with E-state index >= 15 is 0 Å². The Kier molecular flexibility index (Phi) is 4.39. The zero-order chi connectivity index (χ0) is 14.5. The first kappa shape index (κ1) is 14.1. The lowest BCUT2D eigenvalue weighted by Crippen LogP contribution is -2.07. The van der Waals surface area contributed by atoms with Gasteiger partial charge in [0, 0.05) is 12.6 Å². The van der Waals surface area contributed by atoms with E-state index in [4.69, 9.17) is 0 Å². The molecular weight excluding hydrogens is 269 g/mol. The van der Waals surface area contributed by atoms with Gasteiger partial charge in [-0.1, -0.05) is 6.92 Å². The molecule has 0 unspecified atom stereocenters. The molecule has 2 aromatic rings. The zero-order valence-electron chi connectivity index (χ0n) is 10.8. The molecule has 0 saturated heterocycles. The van der Waals surface area contributed by atoms with Crippen LogP contribution in [0.5, 0.6) is 0 Å². The minimum absolute atomic E-state index is 0.191. The van der Waals surface area contributed by atoms with Crippen molar-refractivity contribution >= 4 is 17.5 Å².